The first-order chi connectivity index (χ1) is 11.1. The fourth-order valence-corrected chi connectivity index (χ4v) is 3.49. The van der Waals surface area contributed by atoms with Crippen LogP contribution in [0, 0.1) is 5.92 Å². The van der Waals surface area contributed by atoms with Crippen molar-refractivity contribution in [3.63, 3.8) is 0 Å². The lowest BCUT2D eigenvalue weighted by atomic mass is 10.1. The molecule has 0 saturated carbocycles. The average Bonchev–Trinajstić information content (AvgIpc) is 2.96. The molecule has 6 nitrogen and oxygen atoms in total. The summed E-state index contributed by atoms with van der Waals surface area (Å²) >= 11 is 6.18. The van der Waals surface area contributed by atoms with E-state index in [4.69, 9.17) is 11.6 Å². The Morgan fingerprint density at radius 1 is 1.35 bits per heavy atom. The van der Waals surface area contributed by atoms with Crippen LogP contribution in [0.5, 0.6) is 0 Å². The molecule has 3 rings (SSSR count). The number of halogens is 1. The molecule has 0 radical (unpaired) electrons. The summed E-state index contributed by atoms with van der Waals surface area (Å²) in [7, 11) is 0. The first-order valence-corrected chi connectivity index (χ1v) is 8.40. The van der Waals surface area contributed by atoms with E-state index < -0.39 is 0 Å². The highest BCUT2D eigenvalue weighted by molar-refractivity contribution is 6.32. The summed E-state index contributed by atoms with van der Waals surface area (Å²) in [4.78, 5) is 34.4. The van der Waals surface area contributed by atoms with Crippen molar-refractivity contribution in [3.05, 3.63) is 23.4 Å². The van der Waals surface area contributed by atoms with E-state index in [0.717, 1.165) is 5.82 Å². The largest absolute Gasteiger partial charge is 0.352 e. The van der Waals surface area contributed by atoms with Crippen molar-refractivity contribution in [2.24, 2.45) is 5.92 Å². The SMILES string of the molecule is CCN1C[C@@H](C(=O)N2CCN(c3ncccc3Cl)CC2)CC1=O. The molecular weight excluding hydrogens is 316 g/mol. The molecule has 0 aromatic carbocycles. The van der Waals surface area contributed by atoms with Gasteiger partial charge in [-0.15, -0.1) is 0 Å². The number of rotatable bonds is 3. The topological polar surface area (TPSA) is 56.8 Å². The molecule has 0 aliphatic carbocycles. The Kier molecular flexibility index (Phi) is 4.71. The first kappa shape index (κ1) is 16.1. The number of hydrogen-bond acceptors (Lipinski definition) is 4. The molecule has 0 bridgehead atoms. The summed E-state index contributed by atoms with van der Waals surface area (Å²) in [5.74, 6) is 0.771. The number of hydrogen-bond donors (Lipinski definition) is 0. The second kappa shape index (κ2) is 6.74. The van der Waals surface area contributed by atoms with Gasteiger partial charge in [-0.1, -0.05) is 11.6 Å². The normalized spacial score (nSPS) is 21.9. The zero-order chi connectivity index (χ0) is 16.4. The zero-order valence-electron chi connectivity index (χ0n) is 13.2. The molecule has 2 saturated heterocycles. The number of carbonyl (C=O) groups is 2. The van der Waals surface area contributed by atoms with E-state index in [9.17, 15) is 9.59 Å². The summed E-state index contributed by atoms with van der Waals surface area (Å²) in [5.41, 5.74) is 0. The van der Waals surface area contributed by atoms with Gasteiger partial charge in [0.15, 0.2) is 0 Å². The molecule has 2 aliphatic rings. The Morgan fingerprint density at radius 2 is 2.09 bits per heavy atom. The van der Waals surface area contributed by atoms with Gasteiger partial charge in [0.1, 0.15) is 5.82 Å². The maximum atomic E-state index is 12.6. The van der Waals surface area contributed by atoms with Crippen molar-refractivity contribution >= 4 is 29.2 Å². The summed E-state index contributed by atoms with van der Waals surface area (Å²) < 4.78 is 0. The smallest absolute Gasteiger partial charge is 0.228 e. The Balaban J connectivity index is 1.58. The van der Waals surface area contributed by atoms with E-state index in [0.29, 0.717) is 50.7 Å². The zero-order valence-corrected chi connectivity index (χ0v) is 14.0. The Bertz CT molecular complexity index is 601. The third-order valence-electron chi connectivity index (χ3n) is 4.58. The van der Waals surface area contributed by atoms with Crippen LogP contribution >= 0.6 is 11.6 Å². The van der Waals surface area contributed by atoms with Gasteiger partial charge in [0.2, 0.25) is 11.8 Å². The molecule has 2 fully saturated rings. The number of carbonyl (C=O) groups excluding carboxylic acids is 2. The third kappa shape index (κ3) is 3.27. The van der Waals surface area contributed by atoms with E-state index in [2.05, 4.69) is 9.88 Å². The van der Waals surface area contributed by atoms with Crippen molar-refractivity contribution in [2.45, 2.75) is 13.3 Å². The van der Waals surface area contributed by atoms with Crippen molar-refractivity contribution in [2.75, 3.05) is 44.2 Å². The molecule has 2 amide bonds. The molecule has 1 aromatic rings. The van der Waals surface area contributed by atoms with Gasteiger partial charge in [-0.05, 0) is 19.1 Å². The molecule has 0 N–H and O–H groups in total. The number of aromatic nitrogens is 1. The van der Waals surface area contributed by atoms with Gasteiger partial charge in [-0.3, -0.25) is 9.59 Å². The minimum absolute atomic E-state index is 0.0877. The van der Waals surface area contributed by atoms with Crippen LogP contribution in [0.25, 0.3) is 0 Å². The second-order valence-corrected chi connectivity index (χ2v) is 6.36. The molecule has 7 heteroatoms. The minimum Gasteiger partial charge on any atom is -0.352 e. The fourth-order valence-electron chi connectivity index (χ4n) is 3.25. The van der Waals surface area contributed by atoms with E-state index in [1.165, 1.54) is 0 Å². The molecule has 0 unspecified atom stereocenters. The number of likely N-dealkylation sites (tertiary alicyclic amines) is 1. The average molecular weight is 337 g/mol. The Morgan fingerprint density at radius 3 is 2.70 bits per heavy atom. The van der Waals surface area contributed by atoms with Crippen LogP contribution in [0.15, 0.2) is 18.3 Å². The van der Waals surface area contributed by atoms with Crippen molar-refractivity contribution in [1.82, 2.24) is 14.8 Å². The van der Waals surface area contributed by atoms with E-state index in [1.807, 2.05) is 24.0 Å². The summed E-state index contributed by atoms with van der Waals surface area (Å²) in [6.45, 7) is 5.88. The molecule has 124 valence electrons. The van der Waals surface area contributed by atoms with Crippen molar-refractivity contribution in [1.29, 1.82) is 0 Å². The standard InChI is InChI=1S/C16H21ClN4O2/c1-2-19-11-12(10-14(19)22)16(23)21-8-6-20(7-9-21)15-13(17)4-3-5-18-15/h3-5,12H,2,6-11H2,1H3/t12-/m0/s1. The molecule has 2 aliphatic heterocycles. The first-order valence-electron chi connectivity index (χ1n) is 8.02. The molecule has 3 heterocycles. The highest BCUT2D eigenvalue weighted by Crippen LogP contribution is 2.25. The van der Waals surface area contributed by atoms with Crippen molar-refractivity contribution in [3.8, 4) is 0 Å². The van der Waals surface area contributed by atoms with E-state index >= 15 is 0 Å². The molecule has 1 atom stereocenters. The predicted molar refractivity (Wildman–Crippen MR) is 88.4 cm³/mol. The van der Waals surface area contributed by atoms with Gasteiger partial charge in [0, 0.05) is 51.9 Å². The fraction of sp³-hybridized carbons (Fsp3) is 0.562. The van der Waals surface area contributed by atoms with Crippen LogP contribution in [-0.4, -0.2) is 65.9 Å². The van der Waals surface area contributed by atoms with Gasteiger partial charge in [-0.25, -0.2) is 4.98 Å². The lowest BCUT2D eigenvalue weighted by Crippen LogP contribution is -2.51. The highest BCUT2D eigenvalue weighted by Gasteiger charge is 2.36. The quantitative estimate of drug-likeness (QED) is 0.833. The highest BCUT2D eigenvalue weighted by atomic mass is 35.5. The summed E-state index contributed by atoms with van der Waals surface area (Å²) in [6, 6.07) is 3.63. The molecule has 1 aromatic heterocycles. The van der Waals surface area contributed by atoms with Crippen LogP contribution in [0.3, 0.4) is 0 Å². The van der Waals surface area contributed by atoms with Crippen LogP contribution in [0.1, 0.15) is 13.3 Å². The number of anilines is 1. The number of nitrogens with zero attached hydrogens (tertiary/aromatic N) is 4. The second-order valence-electron chi connectivity index (χ2n) is 5.95. The van der Waals surface area contributed by atoms with Gasteiger partial charge in [-0.2, -0.15) is 0 Å². The van der Waals surface area contributed by atoms with Crippen LogP contribution < -0.4 is 4.90 Å². The predicted octanol–water partition coefficient (Wildman–Crippen LogP) is 1.25. The van der Waals surface area contributed by atoms with Gasteiger partial charge < -0.3 is 14.7 Å². The monoisotopic (exact) mass is 336 g/mol. The van der Waals surface area contributed by atoms with E-state index in [1.54, 1.807) is 11.1 Å². The van der Waals surface area contributed by atoms with Gasteiger partial charge >= 0.3 is 0 Å². The van der Waals surface area contributed by atoms with Crippen molar-refractivity contribution < 1.29 is 9.59 Å². The van der Waals surface area contributed by atoms with E-state index in [-0.39, 0.29) is 17.7 Å². The minimum atomic E-state index is -0.188. The summed E-state index contributed by atoms with van der Waals surface area (Å²) in [6.07, 6.45) is 2.07. The number of piperazine rings is 1. The maximum absolute atomic E-state index is 12.6. The summed E-state index contributed by atoms with van der Waals surface area (Å²) in [5, 5.41) is 0.632. The van der Waals surface area contributed by atoms with Crippen LogP contribution in [0.2, 0.25) is 5.02 Å². The Hall–Kier alpha value is -1.82. The molecule has 23 heavy (non-hydrogen) atoms. The molecular formula is C16H21ClN4O2. The van der Waals surface area contributed by atoms with Crippen LogP contribution in [-0.2, 0) is 9.59 Å². The maximum Gasteiger partial charge on any atom is 0.228 e. The lowest BCUT2D eigenvalue weighted by molar-refractivity contribution is -0.136. The van der Waals surface area contributed by atoms with Gasteiger partial charge in [0.05, 0.1) is 10.9 Å². The molecule has 0 spiro atoms. The number of amides is 2. The lowest BCUT2D eigenvalue weighted by Gasteiger charge is -2.36. The number of pyridine rings is 1. The third-order valence-corrected chi connectivity index (χ3v) is 4.87. The van der Waals surface area contributed by atoms with Crippen LogP contribution in [0.4, 0.5) is 5.82 Å². The van der Waals surface area contributed by atoms with Gasteiger partial charge in [0.25, 0.3) is 0 Å². The Labute approximate surface area is 141 Å².